The predicted molar refractivity (Wildman–Crippen MR) is 100 cm³/mol. The molecule has 0 unspecified atom stereocenters. The van der Waals surface area contributed by atoms with Crippen molar-refractivity contribution in [1.29, 1.82) is 0 Å². The molecule has 7 heteroatoms. The van der Waals surface area contributed by atoms with Crippen LogP contribution in [0.5, 0.6) is 0 Å². The van der Waals surface area contributed by atoms with Crippen molar-refractivity contribution >= 4 is 18.0 Å². The minimum atomic E-state index is -1.61. The molecule has 0 bridgehead atoms. The van der Waals surface area contributed by atoms with Gasteiger partial charge in [0, 0.05) is 14.3 Å². The summed E-state index contributed by atoms with van der Waals surface area (Å²) in [5, 5.41) is 12.0. The first-order chi connectivity index (χ1) is 13.1. The van der Waals surface area contributed by atoms with Gasteiger partial charge in [-0.3, -0.25) is 4.79 Å². The summed E-state index contributed by atoms with van der Waals surface area (Å²) in [6.07, 6.45) is 0.176. The zero-order valence-electron chi connectivity index (χ0n) is 17.0. The largest absolute Gasteiger partial charge is 0.480 e. The van der Waals surface area contributed by atoms with E-state index in [1.54, 1.807) is 45.0 Å². The fourth-order valence-electron chi connectivity index (χ4n) is 3.16. The van der Waals surface area contributed by atoms with Crippen LogP contribution in [0, 0.1) is 0 Å². The summed E-state index contributed by atoms with van der Waals surface area (Å²) < 4.78 is 13.4. The Morgan fingerprint density at radius 1 is 1.30 bits per heavy atom. The summed E-state index contributed by atoms with van der Waals surface area (Å²) in [4.78, 5) is 38.7. The van der Waals surface area contributed by atoms with Crippen LogP contribution >= 0.6 is 0 Å². The van der Waals surface area contributed by atoms with E-state index in [-0.39, 0.29) is 13.0 Å². The van der Waals surface area contributed by atoms with Crippen LogP contribution in [0.4, 0.5) is 4.79 Å². The van der Waals surface area contributed by atoms with Gasteiger partial charge in [-0.15, -0.1) is 0 Å². The highest BCUT2D eigenvalue weighted by Crippen LogP contribution is 2.25. The normalized spacial score (nSPS) is 19.7. The maximum atomic E-state index is 13.4. The molecule has 27 heavy (non-hydrogen) atoms. The molecule has 2 N–H and O–H groups in total. The van der Waals surface area contributed by atoms with Crippen molar-refractivity contribution in [3.05, 3.63) is 35.9 Å². The average Bonchev–Trinajstić information content (AvgIpc) is 3.09. The first kappa shape index (κ1) is 19.2. The number of nitrogens with zero attached hydrogens (tertiary/aromatic N) is 1. The number of nitrogens with one attached hydrogen (secondary N) is 1. The average molecular weight is 377 g/mol. The summed E-state index contributed by atoms with van der Waals surface area (Å²) >= 11 is 0. The van der Waals surface area contributed by atoms with Gasteiger partial charge in [-0.05, 0) is 46.1 Å². The second-order valence-electron chi connectivity index (χ2n) is 7.87. The summed E-state index contributed by atoms with van der Waals surface area (Å²) in [6.45, 7) is 4.95. The Balaban J connectivity index is 2.37. The van der Waals surface area contributed by atoms with Gasteiger partial charge in [0.25, 0.3) is 0 Å². The zero-order valence-corrected chi connectivity index (χ0v) is 16.0. The van der Waals surface area contributed by atoms with E-state index in [1.165, 1.54) is 4.90 Å². The molecule has 2 rings (SSSR count). The molecule has 0 saturated carbocycles. The van der Waals surface area contributed by atoms with E-state index in [0.29, 0.717) is 12.8 Å². The molecular formula is C20H28N2O5. The van der Waals surface area contributed by atoms with Crippen molar-refractivity contribution in [3.63, 3.8) is 0 Å². The van der Waals surface area contributed by atoms with Crippen molar-refractivity contribution in [2.75, 3.05) is 6.54 Å². The van der Waals surface area contributed by atoms with E-state index >= 15 is 0 Å². The van der Waals surface area contributed by atoms with Crippen LogP contribution in [-0.4, -0.2) is 51.7 Å². The molecule has 0 aliphatic carbocycles. The second-order valence-corrected chi connectivity index (χ2v) is 7.87. The number of carbonyl (C=O) groups is 3. The van der Waals surface area contributed by atoms with Crippen LogP contribution in [0.3, 0.4) is 0 Å². The molecule has 1 fully saturated rings. The molecule has 0 aromatic heterocycles. The third-order valence-electron chi connectivity index (χ3n) is 4.30. The van der Waals surface area contributed by atoms with Crippen LogP contribution in [0.2, 0.25) is 0 Å². The standard InChI is InChI=1S/C20H28N2O5/c1-19(2,3)27-18(26)21-20(4,13-14-9-6-5-7-10-14)17(25)22-12-8-11-15(22)16(23)24/h5-7,9-10,15H,8,11-13H2,1-4H3,(H,21,26)(H,23,24)/t15-,20-/m0/s1/i4D. The Kier molecular flexibility index (Phi) is 5.68. The molecule has 7 nitrogen and oxygen atoms in total. The van der Waals surface area contributed by atoms with E-state index in [0.717, 1.165) is 5.56 Å². The molecule has 0 spiro atoms. The highest BCUT2D eigenvalue weighted by atomic mass is 16.6. The van der Waals surface area contributed by atoms with Gasteiger partial charge in [-0.25, -0.2) is 9.59 Å². The number of amides is 2. The quantitative estimate of drug-likeness (QED) is 0.822. The third kappa shape index (κ3) is 5.45. The highest BCUT2D eigenvalue weighted by Gasteiger charge is 2.44. The molecule has 1 aromatic carbocycles. The van der Waals surface area contributed by atoms with Gasteiger partial charge >= 0.3 is 12.1 Å². The number of benzene rings is 1. The number of carboxylic acids is 1. The number of aliphatic carboxylic acids is 1. The fraction of sp³-hybridized carbons (Fsp3) is 0.550. The minimum absolute atomic E-state index is 0.0677. The molecular weight excluding hydrogens is 348 g/mol. The number of likely N-dealkylation sites (tertiary alicyclic amines) is 1. The molecule has 2 atom stereocenters. The second kappa shape index (κ2) is 7.98. The maximum Gasteiger partial charge on any atom is 0.408 e. The van der Waals surface area contributed by atoms with Crippen LogP contribution in [0.15, 0.2) is 30.3 Å². The Morgan fingerprint density at radius 3 is 2.52 bits per heavy atom. The number of carboxylic acid groups (broad SMARTS) is 1. The molecule has 1 aliphatic heterocycles. The van der Waals surface area contributed by atoms with Crippen LogP contribution in [0.25, 0.3) is 0 Å². The summed E-state index contributed by atoms with van der Waals surface area (Å²) in [5.41, 5.74) is -1.63. The summed E-state index contributed by atoms with van der Waals surface area (Å²) in [5.74, 6) is -1.65. The van der Waals surface area contributed by atoms with Gasteiger partial charge in [0.05, 0.1) is 0 Å². The number of alkyl carbamates (subject to hydrolysis) is 1. The van der Waals surface area contributed by atoms with Crippen molar-refractivity contribution in [3.8, 4) is 0 Å². The van der Waals surface area contributed by atoms with E-state index in [9.17, 15) is 19.5 Å². The first-order valence-electron chi connectivity index (χ1n) is 9.67. The van der Waals surface area contributed by atoms with E-state index < -0.39 is 42.1 Å². The molecule has 1 saturated heterocycles. The van der Waals surface area contributed by atoms with E-state index in [4.69, 9.17) is 6.11 Å². The minimum Gasteiger partial charge on any atom is -0.480 e. The molecule has 1 aromatic rings. The Hall–Kier alpha value is -2.57. The lowest BCUT2D eigenvalue weighted by Gasteiger charge is -2.35. The van der Waals surface area contributed by atoms with Gasteiger partial charge in [0.15, 0.2) is 0 Å². The Morgan fingerprint density at radius 2 is 1.96 bits per heavy atom. The highest BCUT2D eigenvalue weighted by molar-refractivity contribution is 5.93. The number of rotatable bonds is 5. The first-order valence-corrected chi connectivity index (χ1v) is 8.96. The van der Waals surface area contributed by atoms with Crippen molar-refractivity contribution in [2.24, 2.45) is 0 Å². The monoisotopic (exact) mass is 377 g/mol. The van der Waals surface area contributed by atoms with Crippen LogP contribution in [0.1, 0.15) is 47.4 Å². The fourth-order valence-corrected chi connectivity index (χ4v) is 3.16. The van der Waals surface area contributed by atoms with Gasteiger partial charge in [0.2, 0.25) is 5.91 Å². The lowest BCUT2D eigenvalue weighted by molar-refractivity contribution is -0.150. The molecule has 1 aliphatic rings. The number of carbonyl (C=O) groups excluding carboxylic acids is 2. The lowest BCUT2D eigenvalue weighted by Crippen LogP contribution is -2.61. The molecule has 1 heterocycles. The Bertz CT molecular complexity index is 719. The third-order valence-corrected chi connectivity index (χ3v) is 4.30. The van der Waals surface area contributed by atoms with Crippen molar-refractivity contribution in [2.45, 2.75) is 64.1 Å². The zero-order chi connectivity index (χ0) is 20.9. The van der Waals surface area contributed by atoms with E-state index in [2.05, 4.69) is 5.32 Å². The van der Waals surface area contributed by atoms with Crippen molar-refractivity contribution < 1.29 is 25.6 Å². The van der Waals surface area contributed by atoms with Gasteiger partial charge < -0.3 is 20.1 Å². The number of hydrogen-bond donors (Lipinski definition) is 2. The SMILES string of the molecule is [2H]C[C@@](Cc1ccccc1)(NC(=O)OC(C)(C)C)C(=O)N1CCC[C@H]1C(=O)O. The van der Waals surface area contributed by atoms with Gasteiger partial charge in [-0.2, -0.15) is 0 Å². The molecule has 2 amide bonds. The molecule has 0 radical (unpaired) electrons. The van der Waals surface area contributed by atoms with Crippen molar-refractivity contribution in [1.82, 2.24) is 10.2 Å². The molecule has 148 valence electrons. The van der Waals surface area contributed by atoms with Crippen LogP contribution < -0.4 is 5.32 Å². The summed E-state index contributed by atoms with van der Waals surface area (Å²) in [6, 6.07) is 8.08. The van der Waals surface area contributed by atoms with E-state index in [1.807, 2.05) is 6.07 Å². The topological polar surface area (TPSA) is 95.9 Å². The van der Waals surface area contributed by atoms with Crippen LogP contribution in [-0.2, 0) is 20.7 Å². The number of hydrogen-bond acceptors (Lipinski definition) is 4. The lowest BCUT2D eigenvalue weighted by atomic mass is 9.91. The predicted octanol–water partition coefficient (Wildman–Crippen LogP) is 2.59. The summed E-state index contributed by atoms with van der Waals surface area (Å²) in [7, 11) is 0. The van der Waals surface area contributed by atoms with Gasteiger partial charge in [-0.1, -0.05) is 30.3 Å². The number of ether oxygens (including phenoxy) is 1. The smallest absolute Gasteiger partial charge is 0.408 e. The van der Waals surface area contributed by atoms with Gasteiger partial charge in [0.1, 0.15) is 17.2 Å². The Labute approximate surface area is 161 Å². The maximum absolute atomic E-state index is 13.4.